The highest BCUT2D eigenvalue weighted by Gasteiger charge is 2.54. The van der Waals surface area contributed by atoms with Gasteiger partial charge in [0, 0.05) is 55.1 Å². The van der Waals surface area contributed by atoms with Gasteiger partial charge in [0.25, 0.3) is 0 Å². The molecule has 2 aromatic heterocycles. The highest BCUT2D eigenvalue weighted by atomic mass is 16.3. The van der Waals surface area contributed by atoms with Gasteiger partial charge >= 0.3 is 0 Å². The molecule has 1 spiro atoms. The number of nitrogens with zero attached hydrogens (tertiary/aromatic N) is 2. The van der Waals surface area contributed by atoms with E-state index >= 15 is 0 Å². The Balaban J connectivity index is 0.931. The second-order valence-corrected chi connectivity index (χ2v) is 24.6. The van der Waals surface area contributed by atoms with E-state index in [-0.39, 0.29) is 0 Å². The lowest BCUT2D eigenvalue weighted by Gasteiger charge is -2.34. The van der Waals surface area contributed by atoms with E-state index in [9.17, 15) is 0 Å². The molecule has 2 aliphatic rings. The number of para-hydroxylation sites is 6. The Bertz CT molecular complexity index is 5790. The average Bonchev–Trinajstić information content (AvgIpc) is 1.48. The van der Waals surface area contributed by atoms with Crippen molar-refractivity contribution in [1.82, 2.24) is 0 Å². The Hall–Kier alpha value is -11.7. The maximum absolute atomic E-state index is 7.36. The monoisotopic (exact) mass is 1180 g/mol. The maximum Gasteiger partial charge on any atom is 0.159 e. The lowest BCUT2D eigenvalue weighted by molar-refractivity contribution is 0.668. The smallest absolute Gasteiger partial charge is 0.159 e. The predicted molar refractivity (Wildman–Crippen MR) is 387 cm³/mol. The van der Waals surface area contributed by atoms with Gasteiger partial charge in [-0.2, -0.15) is 0 Å². The van der Waals surface area contributed by atoms with E-state index in [1.54, 1.807) is 0 Å². The summed E-state index contributed by atoms with van der Waals surface area (Å²) in [6, 6.07) is 103. The number of benzene rings is 14. The number of aryl methyl sites for hydroxylation is 1. The van der Waals surface area contributed by atoms with Crippen molar-refractivity contribution in [2.75, 3.05) is 9.80 Å². The number of anilines is 6. The second-order valence-electron chi connectivity index (χ2n) is 24.6. The molecule has 16 aromatic rings. The number of rotatable bonds is 10. The summed E-state index contributed by atoms with van der Waals surface area (Å²) < 4.78 is 14.6. The molecule has 2 heterocycles. The molecule has 92 heavy (non-hydrogen) atoms. The number of hydrogen-bond donors (Lipinski definition) is 0. The molecule has 0 saturated carbocycles. The van der Waals surface area contributed by atoms with Crippen LogP contribution in [0, 0.1) is 6.92 Å². The Labute approximate surface area is 533 Å². The van der Waals surface area contributed by atoms with Crippen molar-refractivity contribution in [3.8, 4) is 33.4 Å². The second kappa shape index (κ2) is 20.7. The summed E-state index contributed by atoms with van der Waals surface area (Å²) >= 11 is 0. The summed E-state index contributed by atoms with van der Waals surface area (Å²) in [7, 11) is 0. The van der Waals surface area contributed by atoms with Crippen LogP contribution in [0.2, 0.25) is 0 Å². The number of allylic oxidation sites excluding steroid dienone is 5. The van der Waals surface area contributed by atoms with E-state index in [0.29, 0.717) is 0 Å². The van der Waals surface area contributed by atoms with Crippen molar-refractivity contribution < 1.29 is 8.83 Å². The molecule has 14 aromatic carbocycles. The minimum Gasteiger partial charge on any atom is -0.453 e. The topological polar surface area (TPSA) is 32.8 Å². The third-order valence-electron chi connectivity index (χ3n) is 19.8. The van der Waals surface area contributed by atoms with Gasteiger partial charge in [0.15, 0.2) is 11.2 Å². The maximum atomic E-state index is 7.36. The molecule has 0 amide bonds. The van der Waals surface area contributed by atoms with Crippen molar-refractivity contribution in [1.29, 1.82) is 0 Å². The van der Waals surface area contributed by atoms with Crippen LogP contribution in [0.1, 0.15) is 47.2 Å². The molecular formula is C88H60N2O2. The molecule has 0 aliphatic heterocycles. The Morgan fingerprint density at radius 2 is 0.870 bits per heavy atom. The summed E-state index contributed by atoms with van der Waals surface area (Å²) in [6.07, 6.45) is 6.17. The van der Waals surface area contributed by atoms with E-state index in [4.69, 9.17) is 8.83 Å². The lowest BCUT2D eigenvalue weighted by atomic mass is 9.68. The zero-order valence-electron chi connectivity index (χ0n) is 51.2. The Kier molecular flexibility index (Phi) is 12.0. The molecule has 434 valence electrons. The quantitative estimate of drug-likeness (QED) is 0.101. The van der Waals surface area contributed by atoms with E-state index in [2.05, 4.69) is 328 Å². The van der Waals surface area contributed by atoms with Gasteiger partial charge in [0.1, 0.15) is 11.2 Å². The minimum absolute atomic E-state index is 0.733. The number of hydrogen-bond acceptors (Lipinski definition) is 4. The standard InChI is InChI=1S/C88H60N2O2/c1-5-27-59(54(3)6-2)68-40-23-42-70-72-44-25-48-78(86(72)91-84(68)70)89(56-29-9-7-10-30-56)58-50-51-67-74(52-58)61-34-15-17-38-65(61)81-75-53-80(64-37-16-18-39-66(64)82(75)88(83(67)81)76-46-21-19-35-62(76)63-36-20-22-47-77(63)88)90(57-31-11-8-12-32-57)79-49-26-45-73-71-43-24-41-69(85(71)92-87(73)79)60-33-14-13-28-55(60)4/h5-53H,2H2,1,3-4H3/b27-5-,59-54+. The van der Waals surface area contributed by atoms with Gasteiger partial charge in [-0.25, -0.2) is 0 Å². The molecular weight excluding hydrogens is 1120 g/mol. The van der Waals surface area contributed by atoms with Gasteiger partial charge in [-0.05, 0) is 169 Å². The molecule has 4 heteroatoms. The fourth-order valence-electron chi connectivity index (χ4n) is 16.0. The molecule has 0 radical (unpaired) electrons. The van der Waals surface area contributed by atoms with Crippen molar-refractivity contribution in [2.45, 2.75) is 26.2 Å². The van der Waals surface area contributed by atoms with Crippen LogP contribution >= 0.6 is 0 Å². The predicted octanol–water partition coefficient (Wildman–Crippen LogP) is 24.7. The first-order chi connectivity index (χ1) is 45.4. The zero-order valence-corrected chi connectivity index (χ0v) is 51.2. The first-order valence-electron chi connectivity index (χ1n) is 31.8. The van der Waals surface area contributed by atoms with Crippen molar-refractivity contribution in [2.24, 2.45) is 0 Å². The van der Waals surface area contributed by atoms with Crippen LogP contribution in [0.4, 0.5) is 34.1 Å². The van der Waals surface area contributed by atoms with E-state index in [0.717, 1.165) is 111 Å². The Morgan fingerprint density at radius 3 is 1.53 bits per heavy atom. The molecule has 0 N–H and O–H groups in total. The van der Waals surface area contributed by atoms with Crippen molar-refractivity contribution >= 4 is 116 Å². The van der Waals surface area contributed by atoms with Gasteiger partial charge in [0.05, 0.1) is 22.5 Å². The molecule has 0 saturated heterocycles. The first kappa shape index (κ1) is 53.3. The van der Waals surface area contributed by atoms with Crippen LogP contribution in [0.25, 0.3) is 115 Å². The fraction of sp³-hybridized carbons (Fsp3) is 0.0455. The molecule has 2 aliphatic carbocycles. The summed E-state index contributed by atoms with van der Waals surface area (Å²) in [5.41, 5.74) is 25.5. The summed E-state index contributed by atoms with van der Waals surface area (Å²) in [5, 5.41) is 11.4. The van der Waals surface area contributed by atoms with Gasteiger partial charge in [0.2, 0.25) is 0 Å². The summed E-state index contributed by atoms with van der Waals surface area (Å²) in [4.78, 5) is 4.84. The summed E-state index contributed by atoms with van der Waals surface area (Å²) in [6.45, 7) is 10.5. The van der Waals surface area contributed by atoms with Crippen LogP contribution in [0.5, 0.6) is 0 Å². The number of furan rings is 2. The van der Waals surface area contributed by atoms with Crippen LogP contribution in [0.3, 0.4) is 0 Å². The largest absolute Gasteiger partial charge is 0.453 e. The third-order valence-corrected chi connectivity index (χ3v) is 19.8. The molecule has 4 nitrogen and oxygen atoms in total. The molecule has 18 rings (SSSR count). The van der Waals surface area contributed by atoms with Crippen molar-refractivity contribution in [3.05, 3.63) is 343 Å². The van der Waals surface area contributed by atoms with Gasteiger partial charge in [-0.3, -0.25) is 0 Å². The van der Waals surface area contributed by atoms with E-state index in [1.165, 1.54) is 77.0 Å². The first-order valence-corrected chi connectivity index (χ1v) is 31.8. The number of fused-ring (bicyclic) bond motifs is 23. The highest BCUT2D eigenvalue weighted by molar-refractivity contribution is 6.24. The lowest BCUT2D eigenvalue weighted by Crippen LogP contribution is -2.26. The van der Waals surface area contributed by atoms with E-state index in [1.807, 2.05) is 6.08 Å². The third kappa shape index (κ3) is 7.52. The van der Waals surface area contributed by atoms with Crippen LogP contribution in [-0.4, -0.2) is 0 Å². The minimum atomic E-state index is -0.733. The SMILES string of the molecule is C=C/C(C)=C(\C=C/C)c1cccc2c1oc1c(N(c3ccccc3)c3ccc4c5c(c6ccccc6c4c3)-c3cc(N(c4ccccc4)c4cccc6c4oc4c(-c7ccccc7C)cccc46)c4ccccc4c3C53c4ccccc4-c4ccccc43)cccc12. The normalized spacial score (nSPS) is 13.2. The van der Waals surface area contributed by atoms with Crippen LogP contribution in [-0.2, 0) is 5.41 Å². The zero-order chi connectivity index (χ0) is 61.3. The van der Waals surface area contributed by atoms with Gasteiger partial charge in [-0.15, -0.1) is 0 Å². The molecule has 0 unspecified atom stereocenters. The van der Waals surface area contributed by atoms with Crippen molar-refractivity contribution in [3.63, 3.8) is 0 Å². The van der Waals surface area contributed by atoms with Gasteiger partial charge < -0.3 is 18.6 Å². The molecule has 0 atom stereocenters. The van der Waals surface area contributed by atoms with Crippen LogP contribution < -0.4 is 9.80 Å². The molecule has 0 fully saturated rings. The Morgan fingerprint density at radius 1 is 0.370 bits per heavy atom. The molecule has 0 bridgehead atoms. The average molecular weight is 1180 g/mol. The van der Waals surface area contributed by atoms with E-state index < -0.39 is 5.41 Å². The fourth-order valence-corrected chi connectivity index (χ4v) is 16.0. The van der Waals surface area contributed by atoms with Gasteiger partial charge in [-0.1, -0.05) is 249 Å². The summed E-state index contributed by atoms with van der Waals surface area (Å²) in [5.74, 6) is 0. The highest BCUT2D eigenvalue weighted by Crippen LogP contribution is 2.68. The van der Waals surface area contributed by atoms with Crippen LogP contribution in [0.15, 0.2) is 318 Å².